The van der Waals surface area contributed by atoms with Gasteiger partial charge in [0.05, 0.1) is 0 Å². The van der Waals surface area contributed by atoms with E-state index in [-0.39, 0.29) is 0 Å². The van der Waals surface area contributed by atoms with Gasteiger partial charge < -0.3 is 5.32 Å². The van der Waals surface area contributed by atoms with Crippen molar-refractivity contribution in [1.82, 2.24) is 9.97 Å². The molecule has 0 saturated carbocycles. The molecule has 3 nitrogen and oxygen atoms in total. The Morgan fingerprint density at radius 3 is 2.59 bits per heavy atom. The molecular formula is C13H15N3S. The quantitative estimate of drug-likeness (QED) is 0.662. The van der Waals surface area contributed by atoms with Gasteiger partial charge in [0.25, 0.3) is 0 Å². The first-order valence-corrected chi connectivity index (χ1v) is 6.57. The minimum Gasteiger partial charge on any atom is -0.373 e. The normalized spacial score (nSPS) is 10.2. The Labute approximate surface area is 106 Å². The lowest BCUT2D eigenvalue weighted by Crippen LogP contribution is -1.98. The molecule has 2 aromatic rings. The molecule has 2 rings (SSSR count). The third-order valence-electron chi connectivity index (χ3n) is 2.28. The van der Waals surface area contributed by atoms with E-state index in [2.05, 4.69) is 22.2 Å². The van der Waals surface area contributed by atoms with Crippen molar-refractivity contribution in [3.8, 4) is 11.4 Å². The summed E-state index contributed by atoms with van der Waals surface area (Å²) in [5, 5.41) is 4.08. The molecule has 4 heteroatoms. The summed E-state index contributed by atoms with van der Waals surface area (Å²) in [5.74, 6) is 2.64. The van der Waals surface area contributed by atoms with Crippen LogP contribution in [0, 0.1) is 0 Å². The van der Waals surface area contributed by atoms with Gasteiger partial charge in [-0.25, -0.2) is 9.97 Å². The molecule has 0 aliphatic carbocycles. The van der Waals surface area contributed by atoms with Crippen molar-refractivity contribution in [3.63, 3.8) is 0 Å². The highest BCUT2D eigenvalue weighted by atomic mass is 32.2. The molecule has 1 heterocycles. The molecule has 0 spiro atoms. The Balaban J connectivity index is 2.43. The first-order chi connectivity index (χ1) is 8.33. The number of nitrogens with one attached hydrogen (secondary N) is 1. The third-order valence-corrected chi connectivity index (χ3v) is 3.08. The van der Waals surface area contributed by atoms with Gasteiger partial charge in [-0.3, -0.25) is 0 Å². The van der Waals surface area contributed by atoms with E-state index in [1.807, 2.05) is 43.4 Å². The van der Waals surface area contributed by atoms with Crippen molar-refractivity contribution in [1.29, 1.82) is 0 Å². The lowest BCUT2D eigenvalue weighted by Gasteiger charge is -2.06. The molecule has 0 atom stereocenters. The number of benzene rings is 1. The lowest BCUT2D eigenvalue weighted by atomic mass is 10.2. The molecule has 88 valence electrons. The summed E-state index contributed by atoms with van der Waals surface area (Å²) in [5.41, 5.74) is 1.04. The van der Waals surface area contributed by atoms with Crippen LogP contribution in [0.15, 0.2) is 41.4 Å². The van der Waals surface area contributed by atoms with Crippen molar-refractivity contribution in [2.45, 2.75) is 11.9 Å². The summed E-state index contributed by atoms with van der Waals surface area (Å²) in [6, 6.07) is 12.0. The summed E-state index contributed by atoms with van der Waals surface area (Å²) in [4.78, 5) is 9.02. The largest absolute Gasteiger partial charge is 0.373 e. The molecular weight excluding hydrogens is 230 g/mol. The Bertz CT molecular complexity index is 485. The van der Waals surface area contributed by atoms with Gasteiger partial charge in [-0.2, -0.15) is 0 Å². The first-order valence-electron chi connectivity index (χ1n) is 5.58. The van der Waals surface area contributed by atoms with Gasteiger partial charge in [0.15, 0.2) is 5.82 Å². The van der Waals surface area contributed by atoms with E-state index < -0.39 is 0 Å². The molecule has 17 heavy (non-hydrogen) atoms. The van der Waals surface area contributed by atoms with E-state index in [0.29, 0.717) is 0 Å². The fourth-order valence-electron chi connectivity index (χ4n) is 1.49. The van der Waals surface area contributed by atoms with Crippen molar-refractivity contribution in [2.24, 2.45) is 0 Å². The highest BCUT2D eigenvalue weighted by Crippen LogP contribution is 2.23. The number of hydrogen-bond acceptors (Lipinski definition) is 4. The molecule has 1 aromatic carbocycles. The first kappa shape index (κ1) is 11.9. The summed E-state index contributed by atoms with van der Waals surface area (Å²) in [7, 11) is 1.87. The molecule has 0 fully saturated rings. The molecule has 0 aliphatic heterocycles. The van der Waals surface area contributed by atoms with E-state index in [0.717, 1.165) is 28.0 Å². The van der Waals surface area contributed by atoms with Crippen LogP contribution in [0.3, 0.4) is 0 Å². The van der Waals surface area contributed by atoms with Crippen LogP contribution in [0.5, 0.6) is 0 Å². The van der Waals surface area contributed by atoms with Crippen molar-refractivity contribution >= 4 is 17.6 Å². The Morgan fingerprint density at radius 2 is 1.94 bits per heavy atom. The topological polar surface area (TPSA) is 37.8 Å². The number of anilines is 1. The Hall–Kier alpha value is -1.55. The second-order valence-corrected chi connectivity index (χ2v) is 4.75. The second-order valence-electron chi connectivity index (χ2n) is 3.46. The summed E-state index contributed by atoms with van der Waals surface area (Å²) < 4.78 is 0. The minimum absolute atomic E-state index is 0.772. The Kier molecular flexibility index (Phi) is 3.98. The smallest absolute Gasteiger partial charge is 0.162 e. The Morgan fingerprint density at radius 1 is 1.18 bits per heavy atom. The number of nitrogens with zero attached hydrogens (tertiary/aromatic N) is 2. The molecule has 0 saturated heterocycles. The second kappa shape index (κ2) is 5.68. The molecule has 0 unspecified atom stereocenters. The van der Waals surface area contributed by atoms with Gasteiger partial charge in [0, 0.05) is 18.7 Å². The van der Waals surface area contributed by atoms with E-state index in [1.165, 1.54) is 0 Å². The van der Waals surface area contributed by atoms with Crippen LogP contribution < -0.4 is 5.32 Å². The third kappa shape index (κ3) is 2.97. The average Bonchev–Trinajstić information content (AvgIpc) is 2.40. The zero-order valence-corrected chi connectivity index (χ0v) is 10.8. The summed E-state index contributed by atoms with van der Waals surface area (Å²) in [6.45, 7) is 2.12. The number of aromatic nitrogens is 2. The number of hydrogen-bond donors (Lipinski definition) is 1. The van der Waals surface area contributed by atoms with E-state index in [4.69, 9.17) is 0 Å². The van der Waals surface area contributed by atoms with Gasteiger partial charge >= 0.3 is 0 Å². The molecule has 1 aromatic heterocycles. The molecule has 1 N–H and O–H groups in total. The standard InChI is InChI=1S/C13H15N3S/c1-3-17-12-9-11(14-2)15-13(16-12)10-7-5-4-6-8-10/h4-9H,3H2,1-2H3,(H,14,15,16). The zero-order chi connectivity index (χ0) is 12.1. The van der Waals surface area contributed by atoms with Crippen LogP contribution in [0.2, 0.25) is 0 Å². The van der Waals surface area contributed by atoms with Crippen LogP contribution in [0.25, 0.3) is 11.4 Å². The predicted molar refractivity (Wildman–Crippen MR) is 73.4 cm³/mol. The maximum Gasteiger partial charge on any atom is 0.162 e. The fraction of sp³-hybridized carbons (Fsp3) is 0.231. The highest BCUT2D eigenvalue weighted by molar-refractivity contribution is 7.99. The molecule has 0 bridgehead atoms. The van der Waals surface area contributed by atoms with Crippen LogP contribution in [0.1, 0.15) is 6.92 Å². The summed E-state index contributed by atoms with van der Waals surface area (Å²) >= 11 is 1.72. The van der Waals surface area contributed by atoms with Gasteiger partial charge in [-0.05, 0) is 5.75 Å². The molecule has 0 aliphatic rings. The van der Waals surface area contributed by atoms with Crippen molar-refractivity contribution in [2.75, 3.05) is 18.1 Å². The maximum atomic E-state index is 4.55. The van der Waals surface area contributed by atoms with Crippen molar-refractivity contribution in [3.05, 3.63) is 36.4 Å². The van der Waals surface area contributed by atoms with Gasteiger partial charge in [-0.15, -0.1) is 11.8 Å². The highest BCUT2D eigenvalue weighted by Gasteiger charge is 2.05. The van der Waals surface area contributed by atoms with Gasteiger partial charge in [0.1, 0.15) is 10.8 Å². The fourth-order valence-corrected chi connectivity index (χ4v) is 2.13. The van der Waals surface area contributed by atoms with Crippen molar-refractivity contribution < 1.29 is 0 Å². The SMILES string of the molecule is CCSc1cc(NC)nc(-c2ccccc2)n1. The molecule has 0 radical (unpaired) electrons. The number of rotatable bonds is 4. The molecule has 0 amide bonds. The van der Waals surface area contributed by atoms with Crippen LogP contribution in [-0.4, -0.2) is 22.8 Å². The zero-order valence-electron chi connectivity index (χ0n) is 9.97. The van der Waals surface area contributed by atoms with E-state index >= 15 is 0 Å². The van der Waals surface area contributed by atoms with E-state index in [1.54, 1.807) is 11.8 Å². The average molecular weight is 245 g/mol. The number of thioether (sulfide) groups is 1. The maximum absolute atomic E-state index is 4.55. The van der Waals surface area contributed by atoms with Crippen LogP contribution in [-0.2, 0) is 0 Å². The van der Waals surface area contributed by atoms with Crippen LogP contribution in [0.4, 0.5) is 5.82 Å². The van der Waals surface area contributed by atoms with Gasteiger partial charge in [0.2, 0.25) is 0 Å². The monoisotopic (exact) mass is 245 g/mol. The minimum atomic E-state index is 0.772. The van der Waals surface area contributed by atoms with Crippen LogP contribution >= 0.6 is 11.8 Å². The lowest BCUT2D eigenvalue weighted by molar-refractivity contribution is 1.06. The van der Waals surface area contributed by atoms with E-state index in [9.17, 15) is 0 Å². The van der Waals surface area contributed by atoms with Gasteiger partial charge in [-0.1, -0.05) is 37.3 Å². The summed E-state index contributed by atoms with van der Waals surface area (Å²) in [6.07, 6.45) is 0. The predicted octanol–water partition coefficient (Wildman–Crippen LogP) is 3.30.